The molecule has 1 aliphatic heterocycles. The topological polar surface area (TPSA) is 38.5 Å². The lowest BCUT2D eigenvalue weighted by Gasteiger charge is -2.34. The minimum atomic E-state index is 0.427. The first kappa shape index (κ1) is 9.96. The predicted octanol–water partition coefficient (Wildman–Crippen LogP) is 0.444. The van der Waals surface area contributed by atoms with Crippen molar-refractivity contribution in [3.8, 4) is 0 Å². The van der Waals surface area contributed by atoms with Crippen LogP contribution in [0.25, 0.3) is 0 Å². The fourth-order valence-electron chi connectivity index (χ4n) is 1.71. The predicted molar refractivity (Wildman–Crippen MR) is 50.1 cm³/mol. The molecule has 1 fully saturated rings. The largest absolute Gasteiger partial charge is 0.383 e. The molecule has 1 unspecified atom stereocenters. The zero-order valence-electron chi connectivity index (χ0n) is 8.12. The van der Waals surface area contributed by atoms with Crippen molar-refractivity contribution in [2.24, 2.45) is 5.73 Å². The van der Waals surface area contributed by atoms with Crippen LogP contribution in [0.4, 0.5) is 0 Å². The first-order chi connectivity index (χ1) is 5.74. The van der Waals surface area contributed by atoms with Crippen molar-refractivity contribution < 1.29 is 4.74 Å². The van der Waals surface area contributed by atoms with E-state index in [0.29, 0.717) is 12.1 Å². The Morgan fingerprint density at radius 1 is 1.50 bits per heavy atom. The van der Waals surface area contributed by atoms with Crippen molar-refractivity contribution in [3.05, 3.63) is 0 Å². The summed E-state index contributed by atoms with van der Waals surface area (Å²) in [6.07, 6.45) is 2.27. The zero-order chi connectivity index (χ0) is 8.97. The molecule has 2 N–H and O–H groups in total. The minimum absolute atomic E-state index is 0.427. The molecule has 12 heavy (non-hydrogen) atoms. The van der Waals surface area contributed by atoms with Gasteiger partial charge in [-0.2, -0.15) is 0 Å². The highest BCUT2D eigenvalue weighted by Gasteiger charge is 2.19. The molecule has 3 heteroatoms. The van der Waals surface area contributed by atoms with Crippen LogP contribution in [-0.4, -0.2) is 43.8 Å². The average Bonchev–Trinajstić information content (AvgIpc) is 2.06. The summed E-state index contributed by atoms with van der Waals surface area (Å²) in [5.41, 5.74) is 5.81. The van der Waals surface area contributed by atoms with E-state index in [1.165, 1.54) is 0 Å². The molecule has 0 amide bonds. The van der Waals surface area contributed by atoms with Gasteiger partial charge in [0.2, 0.25) is 0 Å². The maximum Gasteiger partial charge on any atom is 0.0615 e. The molecule has 1 aliphatic rings. The quantitative estimate of drug-likeness (QED) is 0.671. The number of likely N-dealkylation sites (tertiary alicyclic amines) is 1. The Labute approximate surface area is 74.9 Å². The lowest BCUT2D eigenvalue weighted by Crippen LogP contribution is -2.45. The lowest BCUT2D eigenvalue weighted by atomic mass is 10.0. The fraction of sp³-hybridized carbons (Fsp3) is 1.00. The maximum absolute atomic E-state index is 5.81. The SMILES string of the molecule is COCC(C)N1CCC(N)CC1. The van der Waals surface area contributed by atoms with E-state index in [9.17, 15) is 0 Å². The molecule has 0 bridgehead atoms. The highest BCUT2D eigenvalue weighted by Crippen LogP contribution is 2.11. The summed E-state index contributed by atoms with van der Waals surface area (Å²) in [4.78, 5) is 2.45. The zero-order valence-corrected chi connectivity index (χ0v) is 8.12. The van der Waals surface area contributed by atoms with Gasteiger partial charge in [-0.15, -0.1) is 0 Å². The first-order valence-electron chi connectivity index (χ1n) is 4.72. The average molecular weight is 172 g/mol. The number of nitrogens with zero attached hydrogens (tertiary/aromatic N) is 1. The van der Waals surface area contributed by atoms with Gasteiger partial charge in [0.25, 0.3) is 0 Å². The van der Waals surface area contributed by atoms with Crippen LogP contribution in [0, 0.1) is 0 Å². The molecule has 1 rings (SSSR count). The van der Waals surface area contributed by atoms with Crippen molar-refractivity contribution in [2.75, 3.05) is 26.8 Å². The Kier molecular flexibility index (Phi) is 3.98. The van der Waals surface area contributed by atoms with Gasteiger partial charge in [-0.25, -0.2) is 0 Å². The number of piperidine rings is 1. The van der Waals surface area contributed by atoms with Crippen LogP contribution in [0.5, 0.6) is 0 Å². The fourth-order valence-corrected chi connectivity index (χ4v) is 1.71. The molecule has 72 valence electrons. The summed E-state index contributed by atoms with van der Waals surface area (Å²) in [5.74, 6) is 0. The standard InChI is InChI=1S/C9H20N2O/c1-8(7-12-2)11-5-3-9(10)4-6-11/h8-9H,3-7,10H2,1-2H3. The number of hydrogen-bond donors (Lipinski definition) is 1. The number of methoxy groups -OCH3 is 1. The van der Waals surface area contributed by atoms with E-state index in [1.807, 2.05) is 0 Å². The van der Waals surface area contributed by atoms with Crippen molar-refractivity contribution in [1.82, 2.24) is 4.90 Å². The van der Waals surface area contributed by atoms with E-state index in [1.54, 1.807) is 7.11 Å². The van der Waals surface area contributed by atoms with Crippen molar-refractivity contribution in [1.29, 1.82) is 0 Å². The molecule has 3 nitrogen and oxygen atoms in total. The van der Waals surface area contributed by atoms with Crippen LogP contribution < -0.4 is 5.73 Å². The Morgan fingerprint density at radius 2 is 2.08 bits per heavy atom. The van der Waals surface area contributed by atoms with Crippen LogP contribution >= 0.6 is 0 Å². The van der Waals surface area contributed by atoms with Gasteiger partial charge in [-0.05, 0) is 32.9 Å². The van der Waals surface area contributed by atoms with Gasteiger partial charge < -0.3 is 10.5 Å². The smallest absolute Gasteiger partial charge is 0.0615 e. The van der Waals surface area contributed by atoms with Crippen LogP contribution in [0.15, 0.2) is 0 Å². The van der Waals surface area contributed by atoms with Gasteiger partial charge >= 0.3 is 0 Å². The van der Waals surface area contributed by atoms with Crippen molar-refractivity contribution in [3.63, 3.8) is 0 Å². The summed E-state index contributed by atoms with van der Waals surface area (Å²) in [5, 5.41) is 0. The number of ether oxygens (including phenoxy) is 1. The van der Waals surface area contributed by atoms with Crippen molar-refractivity contribution >= 4 is 0 Å². The van der Waals surface area contributed by atoms with Gasteiger partial charge in [0.05, 0.1) is 6.61 Å². The molecule has 1 heterocycles. The third kappa shape index (κ3) is 2.73. The molecule has 0 aromatic rings. The molecule has 1 saturated heterocycles. The second-order valence-electron chi connectivity index (χ2n) is 3.68. The monoisotopic (exact) mass is 172 g/mol. The Balaban J connectivity index is 2.24. The van der Waals surface area contributed by atoms with Crippen LogP contribution in [-0.2, 0) is 4.74 Å². The summed E-state index contributed by atoms with van der Waals surface area (Å²) in [7, 11) is 1.76. The van der Waals surface area contributed by atoms with Crippen molar-refractivity contribution in [2.45, 2.75) is 31.8 Å². The molecular formula is C9H20N2O. The summed E-state index contributed by atoms with van der Waals surface area (Å²) in [6, 6.07) is 0.971. The van der Waals surface area contributed by atoms with E-state index in [2.05, 4.69) is 11.8 Å². The second kappa shape index (κ2) is 4.80. The first-order valence-corrected chi connectivity index (χ1v) is 4.72. The van der Waals surface area contributed by atoms with E-state index in [-0.39, 0.29) is 0 Å². The summed E-state index contributed by atoms with van der Waals surface area (Å²) >= 11 is 0. The molecule has 0 spiro atoms. The van der Waals surface area contributed by atoms with E-state index < -0.39 is 0 Å². The highest BCUT2D eigenvalue weighted by atomic mass is 16.5. The Bertz CT molecular complexity index is 122. The van der Waals surface area contributed by atoms with Gasteiger partial charge in [0.15, 0.2) is 0 Å². The molecule has 0 radical (unpaired) electrons. The Hall–Kier alpha value is -0.120. The van der Waals surface area contributed by atoms with Crippen LogP contribution in [0.3, 0.4) is 0 Å². The Morgan fingerprint density at radius 3 is 2.58 bits per heavy atom. The molecule has 1 atom stereocenters. The summed E-state index contributed by atoms with van der Waals surface area (Å²) < 4.78 is 5.11. The van der Waals surface area contributed by atoms with Gasteiger partial charge in [0, 0.05) is 19.2 Å². The van der Waals surface area contributed by atoms with E-state index >= 15 is 0 Å². The second-order valence-corrected chi connectivity index (χ2v) is 3.68. The molecule has 0 aromatic carbocycles. The number of nitrogens with two attached hydrogens (primary N) is 1. The van der Waals surface area contributed by atoms with Gasteiger partial charge in [-0.1, -0.05) is 0 Å². The molecule has 0 aromatic heterocycles. The third-order valence-electron chi connectivity index (χ3n) is 2.61. The minimum Gasteiger partial charge on any atom is -0.383 e. The number of rotatable bonds is 3. The third-order valence-corrected chi connectivity index (χ3v) is 2.61. The molecule has 0 saturated carbocycles. The normalized spacial score (nSPS) is 24.2. The van der Waals surface area contributed by atoms with E-state index in [0.717, 1.165) is 32.5 Å². The molecular weight excluding hydrogens is 152 g/mol. The van der Waals surface area contributed by atoms with E-state index in [4.69, 9.17) is 10.5 Å². The van der Waals surface area contributed by atoms with Gasteiger partial charge in [-0.3, -0.25) is 4.90 Å². The lowest BCUT2D eigenvalue weighted by molar-refractivity contribution is 0.0824. The van der Waals surface area contributed by atoms with Crippen LogP contribution in [0.2, 0.25) is 0 Å². The number of hydrogen-bond acceptors (Lipinski definition) is 3. The van der Waals surface area contributed by atoms with Gasteiger partial charge in [0.1, 0.15) is 0 Å². The molecule has 0 aliphatic carbocycles. The maximum atomic E-state index is 5.81. The highest BCUT2D eigenvalue weighted by molar-refractivity contribution is 4.77. The van der Waals surface area contributed by atoms with Crippen LogP contribution in [0.1, 0.15) is 19.8 Å². The summed E-state index contributed by atoms with van der Waals surface area (Å²) in [6.45, 7) is 5.30.